The summed E-state index contributed by atoms with van der Waals surface area (Å²) in [7, 11) is -3.28. The van der Waals surface area contributed by atoms with Gasteiger partial charge in [0, 0.05) is 0 Å². The topological polar surface area (TPSA) is 44.8 Å². The van der Waals surface area contributed by atoms with Crippen molar-refractivity contribution in [3.05, 3.63) is 0 Å². The fourth-order valence-electron chi connectivity index (χ4n) is 0.673. The van der Waals surface area contributed by atoms with Crippen molar-refractivity contribution < 1.29 is 18.1 Å². The van der Waals surface area contributed by atoms with Crippen molar-refractivity contribution in [1.29, 1.82) is 0 Å². The van der Waals surface area contributed by atoms with Crippen LogP contribution in [0, 0.1) is 0 Å². The molecule has 0 fully saturated rings. The molecule has 0 spiro atoms. The Morgan fingerprint density at radius 1 is 1.17 bits per heavy atom. The number of phosphoric ester groups is 1. The molecule has 0 aromatic rings. The number of hydrogen-bond acceptors (Lipinski definition) is 4. The highest BCUT2D eigenvalue weighted by molar-refractivity contribution is 7.48. The smallest absolute Gasteiger partial charge is 0.287 e. The molecule has 0 radical (unpaired) electrons. The molecule has 0 atom stereocenters. The van der Waals surface area contributed by atoms with Gasteiger partial charge in [0.05, 0.1) is 19.3 Å². The second-order valence-electron chi connectivity index (χ2n) is 2.44. The largest absolute Gasteiger partial charge is 0.475 e. The zero-order valence-corrected chi connectivity index (χ0v) is 8.97. The molecule has 0 aliphatic rings. The minimum atomic E-state index is -3.28. The fraction of sp³-hybridized carbons (Fsp3) is 1.00. The summed E-state index contributed by atoms with van der Waals surface area (Å²) in [5, 5.41) is 0. The van der Waals surface area contributed by atoms with Gasteiger partial charge in [0.15, 0.2) is 0 Å². The molecular formula is C7H17O4P. The van der Waals surface area contributed by atoms with Gasteiger partial charge in [-0.2, -0.15) is 0 Å². The van der Waals surface area contributed by atoms with Crippen LogP contribution in [-0.4, -0.2) is 19.3 Å². The van der Waals surface area contributed by atoms with E-state index < -0.39 is 7.82 Å². The predicted octanol–water partition coefficient (Wildman–Crippen LogP) is 2.59. The van der Waals surface area contributed by atoms with Gasteiger partial charge in [0.25, 0.3) is 0 Å². The van der Waals surface area contributed by atoms with Gasteiger partial charge >= 0.3 is 7.82 Å². The van der Waals surface area contributed by atoms with Crippen molar-refractivity contribution >= 4 is 7.82 Å². The summed E-state index contributed by atoms with van der Waals surface area (Å²) < 4.78 is 26.4. The SMILES string of the molecule is CCOP(=O)(OCC)OC(C)C. The van der Waals surface area contributed by atoms with Crippen molar-refractivity contribution in [3.63, 3.8) is 0 Å². The predicted molar refractivity (Wildman–Crippen MR) is 47.1 cm³/mol. The second-order valence-corrected chi connectivity index (χ2v) is 4.06. The number of phosphoric acid groups is 1. The Morgan fingerprint density at radius 2 is 1.58 bits per heavy atom. The third-order valence-electron chi connectivity index (χ3n) is 0.914. The number of hydrogen-bond donors (Lipinski definition) is 0. The average Bonchev–Trinajstić information content (AvgIpc) is 1.85. The third-order valence-corrected chi connectivity index (χ3v) is 2.74. The van der Waals surface area contributed by atoms with Gasteiger partial charge in [-0.3, -0.25) is 13.6 Å². The van der Waals surface area contributed by atoms with Crippen LogP contribution in [0.1, 0.15) is 27.7 Å². The van der Waals surface area contributed by atoms with Gasteiger partial charge in [-0.05, 0) is 27.7 Å². The first-order chi connectivity index (χ1) is 5.54. The van der Waals surface area contributed by atoms with E-state index in [0.717, 1.165) is 0 Å². The molecule has 0 amide bonds. The molecule has 0 saturated heterocycles. The Kier molecular flexibility index (Phi) is 5.76. The van der Waals surface area contributed by atoms with E-state index in [0.29, 0.717) is 13.2 Å². The minimum absolute atomic E-state index is 0.158. The summed E-state index contributed by atoms with van der Waals surface area (Å²) in [6.45, 7) is 7.70. The van der Waals surface area contributed by atoms with E-state index in [-0.39, 0.29) is 6.10 Å². The van der Waals surface area contributed by atoms with Gasteiger partial charge in [0.1, 0.15) is 0 Å². The first-order valence-corrected chi connectivity index (χ1v) is 5.57. The molecule has 0 aromatic heterocycles. The third kappa shape index (κ3) is 4.88. The molecule has 74 valence electrons. The lowest BCUT2D eigenvalue weighted by Gasteiger charge is -2.18. The summed E-state index contributed by atoms with van der Waals surface area (Å²) in [6, 6.07) is 0. The van der Waals surface area contributed by atoms with E-state index in [1.807, 2.05) is 0 Å². The lowest BCUT2D eigenvalue weighted by molar-refractivity contribution is 0.0976. The van der Waals surface area contributed by atoms with Gasteiger partial charge < -0.3 is 0 Å². The fourth-order valence-corrected chi connectivity index (χ4v) is 2.02. The van der Waals surface area contributed by atoms with E-state index in [2.05, 4.69) is 0 Å². The van der Waals surface area contributed by atoms with Crippen LogP contribution >= 0.6 is 7.82 Å². The van der Waals surface area contributed by atoms with Crippen molar-refractivity contribution in [2.24, 2.45) is 0 Å². The Hall–Kier alpha value is 0.110. The molecule has 0 saturated carbocycles. The molecule has 0 unspecified atom stereocenters. The molecule has 0 bridgehead atoms. The van der Waals surface area contributed by atoms with Crippen LogP contribution < -0.4 is 0 Å². The van der Waals surface area contributed by atoms with E-state index in [4.69, 9.17) is 13.6 Å². The van der Waals surface area contributed by atoms with Crippen LogP contribution in [0.2, 0.25) is 0 Å². The van der Waals surface area contributed by atoms with Crippen molar-refractivity contribution in [2.75, 3.05) is 13.2 Å². The summed E-state index contributed by atoms with van der Waals surface area (Å²) in [6.07, 6.45) is -0.158. The molecule has 0 rings (SSSR count). The van der Waals surface area contributed by atoms with E-state index in [1.165, 1.54) is 0 Å². The Morgan fingerprint density at radius 3 is 1.83 bits per heavy atom. The molecule has 0 aliphatic heterocycles. The zero-order valence-electron chi connectivity index (χ0n) is 8.07. The van der Waals surface area contributed by atoms with Gasteiger partial charge in [-0.25, -0.2) is 4.57 Å². The van der Waals surface area contributed by atoms with E-state index in [1.54, 1.807) is 27.7 Å². The Balaban J connectivity index is 4.08. The Bertz CT molecular complexity index is 147. The van der Waals surface area contributed by atoms with Crippen LogP contribution in [0.5, 0.6) is 0 Å². The molecular weight excluding hydrogens is 179 g/mol. The first kappa shape index (κ1) is 12.1. The molecule has 4 nitrogen and oxygen atoms in total. The van der Waals surface area contributed by atoms with Gasteiger partial charge in [0.2, 0.25) is 0 Å². The maximum absolute atomic E-state index is 11.6. The zero-order chi connectivity index (χ0) is 9.61. The van der Waals surface area contributed by atoms with Crippen molar-refractivity contribution in [3.8, 4) is 0 Å². The van der Waals surface area contributed by atoms with Gasteiger partial charge in [-0.1, -0.05) is 0 Å². The average molecular weight is 196 g/mol. The van der Waals surface area contributed by atoms with Crippen LogP contribution in [0.25, 0.3) is 0 Å². The van der Waals surface area contributed by atoms with E-state index >= 15 is 0 Å². The molecule has 0 N–H and O–H groups in total. The standard InChI is InChI=1S/C7H17O4P/c1-5-9-12(8,10-6-2)11-7(3)4/h7H,5-6H2,1-4H3. The highest BCUT2D eigenvalue weighted by Crippen LogP contribution is 2.50. The summed E-state index contributed by atoms with van der Waals surface area (Å²) in [4.78, 5) is 0. The van der Waals surface area contributed by atoms with Crippen LogP contribution in [0.4, 0.5) is 0 Å². The monoisotopic (exact) mass is 196 g/mol. The summed E-state index contributed by atoms with van der Waals surface area (Å²) in [5.74, 6) is 0. The van der Waals surface area contributed by atoms with Gasteiger partial charge in [-0.15, -0.1) is 0 Å². The molecule has 0 heterocycles. The van der Waals surface area contributed by atoms with Crippen LogP contribution in [0.15, 0.2) is 0 Å². The molecule has 12 heavy (non-hydrogen) atoms. The normalized spacial score (nSPS) is 12.4. The minimum Gasteiger partial charge on any atom is -0.287 e. The number of rotatable bonds is 6. The maximum Gasteiger partial charge on any atom is 0.475 e. The lowest BCUT2D eigenvalue weighted by atomic mass is 10.5. The highest BCUT2D eigenvalue weighted by atomic mass is 31.2. The van der Waals surface area contributed by atoms with E-state index in [9.17, 15) is 4.57 Å². The lowest BCUT2D eigenvalue weighted by Crippen LogP contribution is -2.05. The van der Waals surface area contributed by atoms with Crippen LogP contribution in [-0.2, 0) is 18.1 Å². The molecule has 5 heteroatoms. The summed E-state index contributed by atoms with van der Waals surface area (Å²) in [5.41, 5.74) is 0. The molecule has 0 aromatic carbocycles. The van der Waals surface area contributed by atoms with Crippen LogP contribution in [0.3, 0.4) is 0 Å². The summed E-state index contributed by atoms with van der Waals surface area (Å²) >= 11 is 0. The van der Waals surface area contributed by atoms with Crippen molar-refractivity contribution in [2.45, 2.75) is 33.8 Å². The maximum atomic E-state index is 11.6. The second kappa shape index (κ2) is 5.70. The Labute approximate surface area is 73.8 Å². The highest BCUT2D eigenvalue weighted by Gasteiger charge is 2.26. The quantitative estimate of drug-likeness (QED) is 0.612. The van der Waals surface area contributed by atoms with Crippen molar-refractivity contribution in [1.82, 2.24) is 0 Å². The molecule has 0 aliphatic carbocycles. The first-order valence-electron chi connectivity index (χ1n) is 4.11.